The Hall–Kier alpha value is -3.46. The minimum Gasteiger partial charge on any atom is -0.493 e. The van der Waals surface area contributed by atoms with Gasteiger partial charge in [-0.05, 0) is 55.5 Å². The van der Waals surface area contributed by atoms with Crippen LogP contribution in [0.2, 0.25) is 0 Å². The van der Waals surface area contributed by atoms with Gasteiger partial charge in [-0.3, -0.25) is 4.79 Å². The van der Waals surface area contributed by atoms with Crippen molar-refractivity contribution in [2.75, 3.05) is 19.0 Å². The zero-order chi connectivity index (χ0) is 26.4. The molecule has 0 aliphatic heterocycles. The fourth-order valence-electron chi connectivity index (χ4n) is 3.83. The molecule has 3 aromatic rings. The SMILES string of the molecule is CCOC(=O)c1c(NC(=O)c2ccc(OC(F)F)c(OC)c2)sc(C)c1-c1ccc(CC(C)C)cc1. The van der Waals surface area contributed by atoms with Crippen molar-refractivity contribution >= 4 is 28.2 Å². The molecule has 2 aromatic carbocycles. The molecule has 0 saturated heterocycles. The summed E-state index contributed by atoms with van der Waals surface area (Å²) >= 11 is 1.26. The first kappa shape index (κ1) is 27.1. The molecule has 0 spiro atoms. The number of methoxy groups -OCH3 is 1. The number of hydrogen-bond acceptors (Lipinski definition) is 6. The van der Waals surface area contributed by atoms with Crippen molar-refractivity contribution in [1.82, 2.24) is 0 Å². The van der Waals surface area contributed by atoms with E-state index in [4.69, 9.17) is 9.47 Å². The maximum atomic E-state index is 13.1. The van der Waals surface area contributed by atoms with Crippen LogP contribution in [0.25, 0.3) is 11.1 Å². The summed E-state index contributed by atoms with van der Waals surface area (Å²) in [5, 5.41) is 3.12. The summed E-state index contributed by atoms with van der Waals surface area (Å²) in [6, 6.07) is 11.9. The Kier molecular flexibility index (Phi) is 9.03. The topological polar surface area (TPSA) is 73.9 Å². The fraction of sp³-hybridized carbons (Fsp3) is 0.333. The maximum Gasteiger partial charge on any atom is 0.387 e. The number of hydrogen-bond donors (Lipinski definition) is 1. The lowest BCUT2D eigenvalue weighted by atomic mass is 9.97. The molecule has 192 valence electrons. The average molecular weight is 518 g/mol. The van der Waals surface area contributed by atoms with Gasteiger partial charge in [-0.2, -0.15) is 8.78 Å². The minimum atomic E-state index is -3.03. The van der Waals surface area contributed by atoms with E-state index in [1.165, 1.54) is 42.2 Å². The molecule has 0 unspecified atom stereocenters. The van der Waals surface area contributed by atoms with E-state index in [1.54, 1.807) is 6.92 Å². The second-order valence-electron chi connectivity index (χ2n) is 8.45. The number of amides is 1. The molecule has 1 N–H and O–H groups in total. The van der Waals surface area contributed by atoms with Gasteiger partial charge in [0.1, 0.15) is 10.6 Å². The van der Waals surface area contributed by atoms with Crippen molar-refractivity contribution in [2.24, 2.45) is 5.92 Å². The summed E-state index contributed by atoms with van der Waals surface area (Å²) in [6.45, 7) is 5.04. The van der Waals surface area contributed by atoms with Gasteiger partial charge >= 0.3 is 12.6 Å². The Balaban J connectivity index is 1.97. The first-order valence-corrected chi connectivity index (χ1v) is 12.3. The van der Waals surface area contributed by atoms with Gasteiger partial charge in [0.25, 0.3) is 5.91 Å². The number of rotatable bonds is 10. The number of alkyl halides is 2. The molecule has 1 aromatic heterocycles. The van der Waals surface area contributed by atoms with E-state index in [2.05, 4.69) is 23.9 Å². The van der Waals surface area contributed by atoms with Crippen LogP contribution in [0.4, 0.5) is 13.8 Å². The van der Waals surface area contributed by atoms with E-state index in [1.807, 2.05) is 31.2 Å². The van der Waals surface area contributed by atoms with Crippen molar-refractivity contribution in [2.45, 2.75) is 40.7 Å². The molecule has 36 heavy (non-hydrogen) atoms. The highest BCUT2D eigenvalue weighted by Gasteiger charge is 2.26. The molecular weight excluding hydrogens is 488 g/mol. The van der Waals surface area contributed by atoms with Crippen LogP contribution in [-0.4, -0.2) is 32.2 Å². The highest BCUT2D eigenvalue weighted by atomic mass is 32.1. The van der Waals surface area contributed by atoms with Crippen molar-refractivity contribution in [3.05, 3.63) is 64.0 Å². The number of anilines is 1. The largest absolute Gasteiger partial charge is 0.493 e. The van der Waals surface area contributed by atoms with Crippen molar-refractivity contribution < 1.29 is 32.6 Å². The lowest BCUT2D eigenvalue weighted by Gasteiger charge is -2.12. The van der Waals surface area contributed by atoms with Crippen molar-refractivity contribution in [3.8, 4) is 22.6 Å². The number of nitrogens with one attached hydrogen (secondary N) is 1. The first-order valence-electron chi connectivity index (χ1n) is 11.5. The fourth-order valence-corrected chi connectivity index (χ4v) is 4.89. The predicted molar refractivity (Wildman–Crippen MR) is 137 cm³/mol. The second kappa shape index (κ2) is 12.0. The maximum absolute atomic E-state index is 13.1. The van der Waals surface area contributed by atoms with Gasteiger partial charge in [-0.1, -0.05) is 38.1 Å². The van der Waals surface area contributed by atoms with Crippen LogP contribution >= 0.6 is 11.3 Å². The van der Waals surface area contributed by atoms with Gasteiger partial charge in [0.15, 0.2) is 11.5 Å². The van der Waals surface area contributed by atoms with Crippen LogP contribution in [0, 0.1) is 12.8 Å². The molecule has 0 fully saturated rings. The van der Waals surface area contributed by atoms with Crippen LogP contribution in [0.15, 0.2) is 42.5 Å². The Morgan fingerprint density at radius 3 is 2.33 bits per heavy atom. The average Bonchev–Trinajstić information content (AvgIpc) is 3.14. The van der Waals surface area contributed by atoms with Crippen molar-refractivity contribution in [1.29, 1.82) is 0 Å². The van der Waals surface area contributed by atoms with E-state index in [-0.39, 0.29) is 29.2 Å². The molecule has 1 amide bonds. The number of aryl methyl sites for hydroxylation is 1. The molecule has 0 radical (unpaired) electrons. The predicted octanol–water partition coefficient (Wildman–Crippen LogP) is 6.96. The molecule has 0 saturated carbocycles. The summed E-state index contributed by atoms with van der Waals surface area (Å²) in [4.78, 5) is 26.9. The van der Waals surface area contributed by atoms with Gasteiger partial charge in [-0.15, -0.1) is 11.3 Å². The Morgan fingerprint density at radius 2 is 1.75 bits per heavy atom. The van der Waals surface area contributed by atoms with Crippen molar-refractivity contribution in [3.63, 3.8) is 0 Å². The Labute approximate surface area is 213 Å². The standard InChI is InChI=1S/C27H29F2NO5S/c1-6-34-26(32)23-22(18-9-7-17(8-10-18)13-15(2)3)16(4)36-25(23)30-24(31)19-11-12-20(35-27(28)29)21(14-19)33-5/h7-12,14-15,27H,6,13H2,1-5H3,(H,30,31). The third-order valence-electron chi connectivity index (χ3n) is 5.32. The molecule has 0 aliphatic carbocycles. The highest BCUT2D eigenvalue weighted by molar-refractivity contribution is 7.17. The number of ether oxygens (including phenoxy) is 3. The lowest BCUT2D eigenvalue weighted by molar-refractivity contribution is -0.0512. The van der Waals surface area contributed by atoms with E-state index in [9.17, 15) is 18.4 Å². The smallest absolute Gasteiger partial charge is 0.387 e. The number of halogens is 2. The Morgan fingerprint density at radius 1 is 1.06 bits per heavy atom. The summed E-state index contributed by atoms with van der Waals surface area (Å²) in [5.74, 6) is -0.769. The summed E-state index contributed by atoms with van der Waals surface area (Å²) in [7, 11) is 1.29. The summed E-state index contributed by atoms with van der Waals surface area (Å²) < 4.78 is 40.1. The third-order valence-corrected chi connectivity index (χ3v) is 6.34. The zero-order valence-electron chi connectivity index (χ0n) is 20.8. The highest BCUT2D eigenvalue weighted by Crippen LogP contribution is 2.41. The lowest BCUT2D eigenvalue weighted by Crippen LogP contribution is -2.15. The number of benzene rings is 2. The van der Waals surface area contributed by atoms with Crippen LogP contribution < -0.4 is 14.8 Å². The molecule has 0 bridgehead atoms. The molecule has 0 atom stereocenters. The van der Waals surface area contributed by atoms with Crippen LogP contribution in [0.1, 0.15) is 51.9 Å². The monoisotopic (exact) mass is 517 g/mol. The third kappa shape index (κ3) is 6.40. The van der Waals surface area contributed by atoms with Gasteiger partial charge in [0.05, 0.1) is 13.7 Å². The zero-order valence-corrected chi connectivity index (χ0v) is 21.6. The van der Waals surface area contributed by atoms with E-state index >= 15 is 0 Å². The molecular formula is C27H29F2NO5S. The molecule has 0 aliphatic rings. The normalized spacial score (nSPS) is 11.0. The van der Waals surface area contributed by atoms with E-state index in [0.29, 0.717) is 16.5 Å². The summed E-state index contributed by atoms with van der Waals surface area (Å²) in [6.07, 6.45) is 0.944. The Bertz CT molecular complexity index is 1220. The first-order chi connectivity index (χ1) is 17.1. The minimum absolute atomic E-state index is 0.0156. The van der Waals surface area contributed by atoms with E-state index < -0.39 is 18.5 Å². The van der Waals surface area contributed by atoms with Crippen LogP contribution in [0.5, 0.6) is 11.5 Å². The number of thiophene rings is 1. The summed E-state index contributed by atoms with van der Waals surface area (Å²) in [5.41, 5.74) is 3.15. The second-order valence-corrected chi connectivity index (χ2v) is 9.68. The van der Waals surface area contributed by atoms with Gasteiger partial charge < -0.3 is 19.5 Å². The van der Waals surface area contributed by atoms with E-state index in [0.717, 1.165) is 16.9 Å². The number of esters is 1. The molecule has 3 rings (SSSR count). The molecule has 6 nitrogen and oxygen atoms in total. The van der Waals surface area contributed by atoms with Gasteiger partial charge in [0.2, 0.25) is 0 Å². The quantitative estimate of drug-likeness (QED) is 0.294. The van der Waals surface area contributed by atoms with Crippen LogP contribution in [-0.2, 0) is 11.2 Å². The van der Waals surface area contributed by atoms with Crippen LogP contribution in [0.3, 0.4) is 0 Å². The van der Waals surface area contributed by atoms with Gasteiger partial charge in [-0.25, -0.2) is 4.79 Å². The number of carbonyl (C=O) groups is 2. The number of carbonyl (C=O) groups excluding carboxylic acids is 2. The van der Waals surface area contributed by atoms with Gasteiger partial charge in [0, 0.05) is 16.0 Å². The molecule has 9 heteroatoms. The molecule has 1 heterocycles.